The van der Waals surface area contributed by atoms with Gasteiger partial charge >= 0.3 is 0 Å². The topological polar surface area (TPSA) is 59.0 Å². The normalized spacial score (nSPS) is 25.7. The van der Waals surface area contributed by atoms with Crippen molar-refractivity contribution < 1.29 is 4.79 Å². The Hall–Kier alpha value is -1.36. The van der Waals surface area contributed by atoms with Gasteiger partial charge in [-0.2, -0.15) is 5.10 Å². The van der Waals surface area contributed by atoms with E-state index in [-0.39, 0.29) is 11.9 Å². The van der Waals surface area contributed by atoms with Gasteiger partial charge in [0.25, 0.3) is 0 Å². The number of aromatic nitrogens is 2. The van der Waals surface area contributed by atoms with Crippen molar-refractivity contribution in [3.63, 3.8) is 0 Å². The van der Waals surface area contributed by atoms with E-state index in [0.717, 1.165) is 25.8 Å². The molecule has 0 saturated carbocycles. The molecule has 2 rings (SSSR count). The molecule has 18 heavy (non-hydrogen) atoms. The maximum absolute atomic E-state index is 12.3. The van der Waals surface area contributed by atoms with Crippen molar-refractivity contribution in [2.45, 2.75) is 51.2 Å². The van der Waals surface area contributed by atoms with Gasteiger partial charge in [0.15, 0.2) is 0 Å². The van der Waals surface area contributed by atoms with Gasteiger partial charge in [-0.3, -0.25) is 9.48 Å². The third-order valence-corrected chi connectivity index (χ3v) is 3.52. The summed E-state index contributed by atoms with van der Waals surface area (Å²) in [6.45, 7) is 5.63. The summed E-state index contributed by atoms with van der Waals surface area (Å²) in [5, 5.41) is 10.5. The Morgan fingerprint density at radius 1 is 1.61 bits per heavy atom. The van der Waals surface area contributed by atoms with Crippen LogP contribution < -0.4 is 10.6 Å². The van der Waals surface area contributed by atoms with Crippen LogP contribution in [0.5, 0.6) is 0 Å². The van der Waals surface area contributed by atoms with E-state index < -0.39 is 5.54 Å². The van der Waals surface area contributed by atoms with Crippen LogP contribution >= 0.6 is 0 Å². The van der Waals surface area contributed by atoms with Crippen LogP contribution in [0.4, 0.5) is 0 Å². The maximum atomic E-state index is 12.3. The second-order valence-corrected chi connectivity index (χ2v) is 5.32. The zero-order valence-electron chi connectivity index (χ0n) is 11.1. The molecule has 0 aromatic carbocycles. The largest absolute Gasteiger partial charge is 0.350 e. The molecule has 2 atom stereocenters. The molecule has 0 spiro atoms. The second-order valence-electron chi connectivity index (χ2n) is 5.32. The minimum absolute atomic E-state index is 0.0814. The van der Waals surface area contributed by atoms with Crippen molar-refractivity contribution in [3.8, 4) is 0 Å². The zero-order valence-corrected chi connectivity index (χ0v) is 11.1. The lowest BCUT2D eigenvalue weighted by molar-refractivity contribution is -0.128. The Morgan fingerprint density at radius 3 is 3.06 bits per heavy atom. The lowest BCUT2D eigenvalue weighted by atomic mass is 9.90. The maximum Gasteiger partial charge on any atom is 0.240 e. The Bertz CT molecular complexity index is 382. The summed E-state index contributed by atoms with van der Waals surface area (Å²) in [6.07, 6.45) is 6.84. The van der Waals surface area contributed by atoms with Crippen molar-refractivity contribution in [3.05, 3.63) is 18.5 Å². The van der Waals surface area contributed by atoms with Gasteiger partial charge < -0.3 is 10.6 Å². The summed E-state index contributed by atoms with van der Waals surface area (Å²) < 4.78 is 1.83. The molecule has 1 amide bonds. The number of rotatable bonds is 4. The number of amides is 1. The van der Waals surface area contributed by atoms with E-state index >= 15 is 0 Å². The summed E-state index contributed by atoms with van der Waals surface area (Å²) in [7, 11) is 0. The summed E-state index contributed by atoms with van der Waals surface area (Å²) in [5.74, 6) is 0.0989. The molecule has 1 aromatic rings. The van der Waals surface area contributed by atoms with Crippen LogP contribution in [0.25, 0.3) is 0 Å². The highest BCUT2D eigenvalue weighted by Gasteiger charge is 2.34. The van der Waals surface area contributed by atoms with Gasteiger partial charge in [0.1, 0.15) is 0 Å². The predicted molar refractivity (Wildman–Crippen MR) is 70.1 cm³/mol. The monoisotopic (exact) mass is 250 g/mol. The van der Waals surface area contributed by atoms with E-state index in [1.165, 1.54) is 0 Å². The second kappa shape index (κ2) is 5.52. The van der Waals surface area contributed by atoms with Crippen molar-refractivity contribution in [2.75, 3.05) is 6.54 Å². The standard InChI is InChI=1S/C13H22N4O/c1-11(10-17-9-5-8-15-17)16-12(18)13(2)6-3-4-7-14-13/h5,8-9,11,14H,3-4,6-7,10H2,1-2H3,(H,16,18). The highest BCUT2D eigenvalue weighted by atomic mass is 16.2. The lowest BCUT2D eigenvalue weighted by Gasteiger charge is -2.34. The first-order valence-electron chi connectivity index (χ1n) is 6.63. The first-order valence-corrected chi connectivity index (χ1v) is 6.63. The van der Waals surface area contributed by atoms with Gasteiger partial charge in [-0.05, 0) is 45.7 Å². The quantitative estimate of drug-likeness (QED) is 0.835. The molecule has 5 heteroatoms. The third-order valence-electron chi connectivity index (χ3n) is 3.52. The Morgan fingerprint density at radius 2 is 2.44 bits per heavy atom. The molecule has 5 nitrogen and oxygen atoms in total. The van der Waals surface area contributed by atoms with Crippen molar-refractivity contribution in [1.29, 1.82) is 0 Å². The molecule has 2 heterocycles. The van der Waals surface area contributed by atoms with Crippen molar-refractivity contribution in [1.82, 2.24) is 20.4 Å². The Labute approximate surface area is 108 Å². The number of carbonyl (C=O) groups excluding carboxylic acids is 1. The van der Waals surface area contributed by atoms with E-state index in [9.17, 15) is 4.79 Å². The van der Waals surface area contributed by atoms with Gasteiger partial charge in [0.05, 0.1) is 12.1 Å². The smallest absolute Gasteiger partial charge is 0.240 e. The summed E-state index contributed by atoms with van der Waals surface area (Å²) in [6, 6.07) is 1.97. The van der Waals surface area contributed by atoms with Crippen LogP contribution in [-0.2, 0) is 11.3 Å². The SMILES string of the molecule is CC(Cn1cccn1)NC(=O)C1(C)CCCCN1. The number of carbonyl (C=O) groups is 1. The third kappa shape index (κ3) is 3.10. The molecule has 1 aliphatic heterocycles. The van der Waals surface area contributed by atoms with Gasteiger partial charge in [0, 0.05) is 18.4 Å². The minimum Gasteiger partial charge on any atom is -0.350 e. The molecular formula is C13H22N4O. The highest BCUT2D eigenvalue weighted by molar-refractivity contribution is 5.86. The van der Waals surface area contributed by atoms with Crippen LogP contribution in [0.1, 0.15) is 33.1 Å². The highest BCUT2D eigenvalue weighted by Crippen LogP contribution is 2.18. The molecule has 100 valence electrons. The average Bonchev–Trinajstić information content (AvgIpc) is 2.82. The van der Waals surface area contributed by atoms with Crippen LogP contribution in [0.2, 0.25) is 0 Å². The Balaban J connectivity index is 1.86. The molecule has 1 fully saturated rings. The molecule has 1 saturated heterocycles. The average molecular weight is 250 g/mol. The lowest BCUT2D eigenvalue weighted by Crippen LogP contribution is -2.58. The van der Waals surface area contributed by atoms with Gasteiger partial charge in [-0.25, -0.2) is 0 Å². The summed E-state index contributed by atoms with van der Waals surface area (Å²) >= 11 is 0. The van der Waals surface area contributed by atoms with Gasteiger partial charge in [-0.1, -0.05) is 0 Å². The fourth-order valence-electron chi connectivity index (χ4n) is 2.37. The number of nitrogens with zero attached hydrogens (tertiary/aromatic N) is 2. The molecule has 1 aromatic heterocycles. The number of hydrogen-bond donors (Lipinski definition) is 2. The molecule has 2 unspecified atom stereocenters. The fourth-order valence-corrected chi connectivity index (χ4v) is 2.37. The van der Waals surface area contributed by atoms with E-state index in [4.69, 9.17) is 0 Å². The molecule has 2 N–H and O–H groups in total. The zero-order chi connectivity index (χ0) is 13.0. The van der Waals surface area contributed by atoms with E-state index in [1.807, 2.05) is 30.8 Å². The van der Waals surface area contributed by atoms with Crippen molar-refractivity contribution in [2.24, 2.45) is 0 Å². The minimum atomic E-state index is -0.406. The Kier molecular flexibility index (Phi) is 4.01. The van der Waals surface area contributed by atoms with Crippen molar-refractivity contribution >= 4 is 5.91 Å². The van der Waals surface area contributed by atoms with Gasteiger partial charge in [-0.15, -0.1) is 0 Å². The molecule has 0 radical (unpaired) electrons. The summed E-state index contributed by atoms with van der Waals surface area (Å²) in [4.78, 5) is 12.3. The number of piperidine rings is 1. The van der Waals surface area contributed by atoms with E-state index in [2.05, 4.69) is 15.7 Å². The number of nitrogens with one attached hydrogen (secondary N) is 2. The van der Waals surface area contributed by atoms with Crippen LogP contribution in [0, 0.1) is 0 Å². The number of hydrogen-bond acceptors (Lipinski definition) is 3. The first kappa shape index (κ1) is 13.1. The van der Waals surface area contributed by atoms with E-state index in [1.54, 1.807) is 6.20 Å². The fraction of sp³-hybridized carbons (Fsp3) is 0.692. The van der Waals surface area contributed by atoms with Crippen LogP contribution in [-0.4, -0.2) is 33.8 Å². The molecular weight excluding hydrogens is 228 g/mol. The van der Waals surface area contributed by atoms with Crippen LogP contribution in [0.3, 0.4) is 0 Å². The molecule has 1 aliphatic rings. The predicted octanol–water partition coefficient (Wildman–Crippen LogP) is 0.920. The molecule has 0 aliphatic carbocycles. The first-order chi connectivity index (χ1) is 8.60. The van der Waals surface area contributed by atoms with Crippen LogP contribution in [0.15, 0.2) is 18.5 Å². The van der Waals surface area contributed by atoms with E-state index in [0.29, 0.717) is 6.54 Å². The van der Waals surface area contributed by atoms with Gasteiger partial charge in [0.2, 0.25) is 5.91 Å². The summed E-state index contributed by atoms with van der Waals surface area (Å²) in [5.41, 5.74) is -0.406. The molecule has 0 bridgehead atoms.